The van der Waals surface area contributed by atoms with Gasteiger partial charge in [-0.15, -0.1) is 0 Å². The molecule has 1 aromatic rings. The van der Waals surface area contributed by atoms with Gasteiger partial charge in [0.05, 0.1) is 5.69 Å². The number of rotatable bonds is 3. The van der Waals surface area contributed by atoms with Crippen LogP contribution in [0.2, 0.25) is 0 Å². The quantitative estimate of drug-likeness (QED) is 0.850. The lowest BCUT2D eigenvalue weighted by Gasteiger charge is -2.22. The molecule has 2 heterocycles. The molecular formula is C13H20N2O. The fourth-order valence-electron chi connectivity index (χ4n) is 2.64. The van der Waals surface area contributed by atoms with E-state index in [2.05, 4.69) is 10.3 Å². The van der Waals surface area contributed by atoms with Crippen LogP contribution < -0.4 is 5.32 Å². The first kappa shape index (κ1) is 10.3. The summed E-state index contributed by atoms with van der Waals surface area (Å²) in [5.74, 6) is 2.44. The predicted octanol–water partition coefficient (Wildman–Crippen LogP) is 2.48. The van der Waals surface area contributed by atoms with Crippen molar-refractivity contribution >= 4 is 0 Å². The molecule has 1 aromatic heterocycles. The topological polar surface area (TPSA) is 38.1 Å². The van der Waals surface area contributed by atoms with Gasteiger partial charge in [-0.25, -0.2) is 4.98 Å². The lowest BCUT2D eigenvalue weighted by atomic mass is 9.83. The zero-order valence-electron chi connectivity index (χ0n) is 9.74. The Morgan fingerprint density at radius 3 is 2.75 bits per heavy atom. The normalized spacial score (nSPS) is 23.2. The third kappa shape index (κ3) is 2.14. The average Bonchev–Trinajstić information content (AvgIpc) is 2.65. The van der Waals surface area contributed by atoms with Crippen LogP contribution in [0.3, 0.4) is 0 Å². The predicted molar refractivity (Wildman–Crippen MR) is 62.4 cm³/mol. The summed E-state index contributed by atoms with van der Waals surface area (Å²) in [5, 5.41) is 3.39. The Morgan fingerprint density at radius 1 is 1.25 bits per heavy atom. The van der Waals surface area contributed by atoms with Crippen molar-refractivity contribution in [2.45, 2.75) is 44.4 Å². The van der Waals surface area contributed by atoms with Gasteiger partial charge in [0.1, 0.15) is 6.26 Å². The van der Waals surface area contributed by atoms with Crippen molar-refractivity contribution in [1.82, 2.24) is 10.3 Å². The molecule has 0 amide bonds. The Labute approximate surface area is 96.6 Å². The highest BCUT2D eigenvalue weighted by Crippen LogP contribution is 2.35. The zero-order valence-corrected chi connectivity index (χ0v) is 9.74. The molecule has 2 fully saturated rings. The number of piperidine rings is 1. The zero-order chi connectivity index (χ0) is 10.8. The first-order valence-electron chi connectivity index (χ1n) is 6.57. The summed E-state index contributed by atoms with van der Waals surface area (Å²) in [6.45, 7) is 2.31. The van der Waals surface area contributed by atoms with E-state index >= 15 is 0 Å². The standard InChI is InChI=1S/C13H20N2O/c1-2-11(3-1)12-9-16-13(15-12)8-10-4-6-14-7-5-10/h9-11,14H,1-8H2. The van der Waals surface area contributed by atoms with Gasteiger partial charge in [0, 0.05) is 12.3 Å². The van der Waals surface area contributed by atoms with Crippen LogP contribution >= 0.6 is 0 Å². The molecule has 0 atom stereocenters. The number of oxazole rings is 1. The second kappa shape index (κ2) is 4.58. The highest BCUT2D eigenvalue weighted by molar-refractivity contribution is 5.07. The van der Waals surface area contributed by atoms with Crippen molar-refractivity contribution in [3.8, 4) is 0 Å². The molecule has 3 heteroatoms. The van der Waals surface area contributed by atoms with Gasteiger partial charge >= 0.3 is 0 Å². The maximum Gasteiger partial charge on any atom is 0.194 e. The Bertz CT molecular complexity index is 337. The fraction of sp³-hybridized carbons (Fsp3) is 0.769. The molecule has 0 radical (unpaired) electrons. The smallest absolute Gasteiger partial charge is 0.194 e. The van der Waals surface area contributed by atoms with Crippen LogP contribution in [-0.4, -0.2) is 18.1 Å². The number of aromatic nitrogens is 1. The molecule has 2 aliphatic rings. The van der Waals surface area contributed by atoms with Gasteiger partial charge in [-0.2, -0.15) is 0 Å². The molecule has 1 N–H and O–H groups in total. The van der Waals surface area contributed by atoms with Gasteiger partial charge in [-0.1, -0.05) is 6.42 Å². The van der Waals surface area contributed by atoms with Crippen LogP contribution in [0.25, 0.3) is 0 Å². The van der Waals surface area contributed by atoms with Crippen molar-refractivity contribution in [3.63, 3.8) is 0 Å². The lowest BCUT2D eigenvalue weighted by molar-refractivity contribution is 0.341. The first-order chi connectivity index (χ1) is 7.92. The molecule has 1 saturated carbocycles. The van der Waals surface area contributed by atoms with Crippen LogP contribution in [0.4, 0.5) is 0 Å². The molecule has 1 saturated heterocycles. The Kier molecular flexibility index (Phi) is 2.96. The molecule has 1 aliphatic heterocycles. The molecule has 3 rings (SSSR count). The van der Waals surface area contributed by atoms with E-state index in [9.17, 15) is 0 Å². The van der Waals surface area contributed by atoms with Gasteiger partial charge in [0.15, 0.2) is 5.89 Å². The molecular weight excluding hydrogens is 200 g/mol. The molecule has 0 spiro atoms. The number of nitrogens with one attached hydrogen (secondary N) is 1. The van der Waals surface area contributed by atoms with Crippen LogP contribution in [0.5, 0.6) is 0 Å². The fourth-order valence-corrected chi connectivity index (χ4v) is 2.64. The van der Waals surface area contributed by atoms with Crippen molar-refractivity contribution < 1.29 is 4.42 Å². The minimum Gasteiger partial charge on any atom is -0.449 e. The van der Waals surface area contributed by atoms with Gasteiger partial charge in [0.2, 0.25) is 0 Å². The minimum absolute atomic E-state index is 0.700. The van der Waals surface area contributed by atoms with Crippen molar-refractivity contribution in [2.24, 2.45) is 5.92 Å². The Hall–Kier alpha value is -0.830. The summed E-state index contributed by atoms with van der Waals surface area (Å²) in [6, 6.07) is 0. The Balaban J connectivity index is 1.58. The van der Waals surface area contributed by atoms with Gasteiger partial charge in [-0.3, -0.25) is 0 Å². The van der Waals surface area contributed by atoms with Crippen LogP contribution in [-0.2, 0) is 6.42 Å². The molecule has 0 aromatic carbocycles. The monoisotopic (exact) mass is 220 g/mol. The molecule has 0 bridgehead atoms. The SMILES string of the molecule is c1oc(CC2CCNCC2)nc1C1CCC1. The molecule has 0 unspecified atom stereocenters. The van der Waals surface area contributed by atoms with E-state index in [1.165, 1.54) is 37.8 Å². The minimum atomic E-state index is 0.700. The van der Waals surface area contributed by atoms with Gasteiger partial charge in [0.25, 0.3) is 0 Å². The van der Waals surface area contributed by atoms with Crippen molar-refractivity contribution in [3.05, 3.63) is 17.8 Å². The summed E-state index contributed by atoms with van der Waals surface area (Å²) >= 11 is 0. The molecule has 16 heavy (non-hydrogen) atoms. The van der Waals surface area contributed by atoms with E-state index in [0.717, 1.165) is 31.3 Å². The van der Waals surface area contributed by atoms with E-state index < -0.39 is 0 Å². The molecule has 88 valence electrons. The molecule has 1 aliphatic carbocycles. The van der Waals surface area contributed by atoms with E-state index in [-0.39, 0.29) is 0 Å². The van der Waals surface area contributed by atoms with E-state index in [1.54, 1.807) is 0 Å². The van der Waals surface area contributed by atoms with Crippen LogP contribution in [0.1, 0.15) is 49.6 Å². The second-order valence-corrected chi connectivity index (χ2v) is 5.19. The largest absolute Gasteiger partial charge is 0.449 e. The first-order valence-corrected chi connectivity index (χ1v) is 6.57. The van der Waals surface area contributed by atoms with Crippen molar-refractivity contribution in [1.29, 1.82) is 0 Å². The molecule has 3 nitrogen and oxygen atoms in total. The van der Waals surface area contributed by atoms with E-state index in [0.29, 0.717) is 5.92 Å². The Morgan fingerprint density at radius 2 is 2.06 bits per heavy atom. The van der Waals surface area contributed by atoms with Crippen LogP contribution in [0.15, 0.2) is 10.7 Å². The maximum absolute atomic E-state index is 5.59. The summed E-state index contributed by atoms with van der Waals surface area (Å²) in [6.07, 6.45) is 9.43. The van der Waals surface area contributed by atoms with Crippen LogP contribution in [0, 0.1) is 5.92 Å². The number of hydrogen-bond donors (Lipinski definition) is 1. The summed E-state index contributed by atoms with van der Waals surface area (Å²) in [7, 11) is 0. The highest BCUT2D eigenvalue weighted by Gasteiger charge is 2.23. The summed E-state index contributed by atoms with van der Waals surface area (Å²) < 4.78 is 5.59. The van der Waals surface area contributed by atoms with E-state index in [1.807, 2.05) is 6.26 Å². The average molecular weight is 220 g/mol. The second-order valence-electron chi connectivity index (χ2n) is 5.19. The van der Waals surface area contributed by atoms with Gasteiger partial charge in [-0.05, 0) is 44.7 Å². The third-order valence-corrected chi connectivity index (χ3v) is 4.01. The third-order valence-electron chi connectivity index (χ3n) is 4.01. The van der Waals surface area contributed by atoms with Crippen molar-refractivity contribution in [2.75, 3.05) is 13.1 Å². The number of hydrogen-bond acceptors (Lipinski definition) is 3. The summed E-state index contributed by atoms with van der Waals surface area (Å²) in [4.78, 5) is 4.64. The highest BCUT2D eigenvalue weighted by atomic mass is 16.3. The van der Waals surface area contributed by atoms with Gasteiger partial charge < -0.3 is 9.73 Å². The maximum atomic E-state index is 5.59. The lowest BCUT2D eigenvalue weighted by Crippen LogP contribution is -2.28. The van der Waals surface area contributed by atoms with E-state index in [4.69, 9.17) is 4.42 Å². The number of nitrogens with zero attached hydrogens (tertiary/aromatic N) is 1. The summed E-state index contributed by atoms with van der Waals surface area (Å²) in [5.41, 5.74) is 1.20.